The zero-order valence-corrected chi connectivity index (χ0v) is 19.5. The minimum atomic E-state index is -0.556. The van der Waals surface area contributed by atoms with E-state index in [1.807, 2.05) is 19.9 Å². The molecule has 0 spiro atoms. The third-order valence-corrected chi connectivity index (χ3v) is 5.42. The molecule has 0 N–H and O–H groups in total. The maximum atomic E-state index is 13.0. The quantitative estimate of drug-likeness (QED) is 0.244. The molecule has 162 valence electrons. The Hall–Kier alpha value is -2.78. The molecule has 0 saturated carbocycles. The molecular weight excluding hydrogens is 488 g/mol. The summed E-state index contributed by atoms with van der Waals surface area (Å²) in [4.78, 5) is 28.5. The number of ether oxygens (including phenoxy) is 1. The number of nitrogens with zero attached hydrogens (tertiary/aromatic N) is 4. The van der Waals surface area contributed by atoms with Crippen molar-refractivity contribution >= 4 is 50.3 Å². The molecule has 1 heterocycles. The minimum Gasteiger partial charge on any atom is -0.483 e. The summed E-state index contributed by atoms with van der Waals surface area (Å²) < 4.78 is 7.57. The van der Waals surface area contributed by atoms with E-state index in [4.69, 9.17) is 16.3 Å². The molecule has 8 nitrogen and oxygen atoms in total. The van der Waals surface area contributed by atoms with Gasteiger partial charge in [-0.3, -0.25) is 14.9 Å². The van der Waals surface area contributed by atoms with Crippen LogP contribution in [-0.2, 0) is 6.42 Å². The van der Waals surface area contributed by atoms with Gasteiger partial charge in [0.15, 0.2) is 0 Å². The van der Waals surface area contributed by atoms with Gasteiger partial charge in [-0.15, -0.1) is 0 Å². The fraction of sp³-hybridized carbons (Fsp3) is 0.286. The summed E-state index contributed by atoms with van der Waals surface area (Å²) in [5, 5.41) is 16.3. The Bertz CT molecular complexity index is 1240. The zero-order chi connectivity index (χ0) is 22.7. The van der Waals surface area contributed by atoms with Gasteiger partial charge in [0, 0.05) is 22.5 Å². The SMILES string of the molecule is CCc1nc2ccc(Br)cc2c(=O)n1N=Cc1cc(Cl)c(O[C@@H](C)CC)c([N+](=O)[O-])c1. The number of benzene rings is 2. The summed E-state index contributed by atoms with van der Waals surface area (Å²) in [7, 11) is 0. The number of rotatable bonds is 7. The van der Waals surface area contributed by atoms with Crippen molar-refractivity contribution in [2.24, 2.45) is 5.10 Å². The molecule has 0 bridgehead atoms. The molecule has 1 atom stereocenters. The molecule has 0 aliphatic carbocycles. The molecule has 10 heteroatoms. The Morgan fingerprint density at radius 1 is 1.35 bits per heavy atom. The van der Waals surface area contributed by atoms with Gasteiger partial charge in [-0.25, -0.2) is 4.98 Å². The van der Waals surface area contributed by atoms with Crippen LogP contribution in [-0.4, -0.2) is 26.9 Å². The van der Waals surface area contributed by atoms with E-state index in [1.165, 1.54) is 23.0 Å². The topological polar surface area (TPSA) is 99.6 Å². The average Bonchev–Trinajstić information content (AvgIpc) is 2.74. The van der Waals surface area contributed by atoms with Crippen molar-refractivity contribution in [2.75, 3.05) is 0 Å². The van der Waals surface area contributed by atoms with Crippen LogP contribution in [0.5, 0.6) is 5.75 Å². The van der Waals surface area contributed by atoms with Crippen LogP contribution in [0.3, 0.4) is 0 Å². The van der Waals surface area contributed by atoms with Crippen LogP contribution in [0.1, 0.15) is 38.6 Å². The fourth-order valence-electron chi connectivity index (χ4n) is 2.88. The van der Waals surface area contributed by atoms with Gasteiger partial charge >= 0.3 is 5.69 Å². The Labute approximate surface area is 191 Å². The van der Waals surface area contributed by atoms with Gasteiger partial charge in [0.1, 0.15) is 5.82 Å². The largest absolute Gasteiger partial charge is 0.483 e. The lowest BCUT2D eigenvalue weighted by atomic mass is 10.2. The van der Waals surface area contributed by atoms with E-state index in [0.29, 0.717) is 35.1 Å². The fourth-order valence-corrected chi connectivity index (χ4v) is 3.51. The van der Waals surface area contributed by atoms with Gasteiger partial charge in [0.2, 0.25) is 5.75 Å². The third-order valence-electron chi connectivity index (χ3n) is 4.65. The lowest BCUT2D eigenvalue weighted by Gasteiger charge is -2.14. The van der Waals surface area contributed by atoms with E-state index in [1.54, 1.807) is 19.1 Å². The first-order valence-corrected chi connectivity index (χ1v) is 10.8. The van der Waals surface area contributed by atoms with Crippen LogP contribution in [0.2, 0.25) is 5.02 Å². The number of aromatic nitrogens is 2. The first-order valence-electron chi connectivity index (χ1n) is 9.65. The molecule has 0 aliphatic rings. The summed E-state index contributed by atoms with van der Waals surface area (Å²) in [5.41, 5.74) is 0.327. The first kappa shape index (κ1) is 22.9. The summed E-state index contributed by atoms with van der Waals surface area (Å²) in [6.07, 6.45) is 2.26. The molecule has 1 aromatic heterocycles. The Morgan fingerprint density at radius 2 is 2.10 bits per heavy atom. The Kier molecular flexibility index (Phi) is 7.07. The monoisotopic (exact) mass is 506 g/mol. The van der Waals surface area contributed by atoms with Gasteiger partial charge in [-0.2, -0.15) is 9.78 Å². The number of fused-ring (bicyclic) bond motifs is 1. The molecular formula is C21H20BrClN4O4. The van der Waals surface area contributed by atoms with E-state index in [2.05, 4.69) is 26.0 Å². The van der Waals surface area contributed by atoms with Crippen molar-refractivity contribution in [3.05, 3.63) is 71.7 Å². The molecule has 31 heavy (non-hydrogen) atoms. The van der Waals surface area contributed by atoms with E-state index in [-0.39, 0.29) is 28.1 Å². The predicted molar refractivity (Wildman–Crippen MR) is 125 cm³/mol. The maximum absolute atomic E-state index is 13.0. The highest BCUT2D eigenvalue weighted by molar-refractivity contribution is 9.10. The second kappa shape index (κ2) is 9.57. The highest BCUT2D eigenvalue weighted by Gasteiger charge is 2.22. The molecule has 0 radical (unpaired) electrons. The number of hydrogen-bond acceptors (Lipinski definition) is 6. The highest BCUT2D eigenvalue weighted by atomic mass is 79.9. The third kappa shape index (κ3) is 4.94. The van der Waals surface area contributed by atoms with Crippen LogP contribution >= 0.6 is 27.5 Å². The van der Waals surface area contributed by atoms with E-state index in [0.717, 1.165) is 4.47 Å². The van der Waals surface area contributed by atoms with E-state index >= 15 is 0 Å². The first-order chi connectivity index (χ1) is 14.7. The average molecular weight is 508 g/mol. The van der Waals surface area contributed by atoms with E-state index < -0.39 is 4.92 Å². The second-order valence-corrected chi connectivity index (χ2v) is 8.17. The van der Waals surface area contributed by atoms with Crippen LogP contribution in [0.25, 0.3) is 10.9 Å². The summed E-state index contributed by atoms with van der Waals surface area (Å²) >= 11 is 9.63. The number of halogens is 2. The number of nitro benzene ring substituents is 1. The van der Waals surface area contributed by atoms with Gasteiger partial charge < -0.3 is 4.74 Å². The van der Waals surface area contributed by atoms with Crippen molar-refractivity contribution in [1.29, 1.82) is 0 Å². The maximum Gasteiger partial charge on any atom is 0.313 e. The number of hydrogen-bond donors (Lipinski definition) is 0. The van der Waals surface area contributed by atoms with Crippen LogP contribution < -0.4 is 10.3 Å². The van der Waals surface area contributed by atoms with E-state index in [9.17, 15) is 14.9 Å². The smallest absolute Gasteiger partial charge is 0.313 e. The second-order valence-electron chi connectivity index (χ2n) is 6.85. The lowest BCUT2D eigenvalue weighted by molar-refractivity contribution is -0.386. The van der Waals surface area contributed by atoms with Crippen LogP contribution in [0, 0.1) is 10.1 Å². The molecule has 0 unspecified atom stereocenters. The number of nitro groups is 1. The molecule has 3 rings (SSSR count). The van der Waals surface area contributed by atoms with Gasteiger partial charge in [-0.05, 0) is 37.6 Å². The standard InChI is InChI=1S/C21H20BrClN4O4/c1-4-12(3)31-20-16(23)8-13(9-18(20)27(29)30)11-24-26-19(5-2)25-17-7-6-14(22)10-15(17)21(26)28/h6-12H,4-5H2,1-3H3/t12-/m0/s1. The van der Waals surface area contributed by atoms with Crippen LogP contribution in [0.15, 0.2) is 44.7 Å². The Balaban J connectivity index is 2.09. The van der Waals surface area contributed by atoms with Crippen molar-refractivity contribution in [3.63, 3.8) is 0 Å². The predicted octanol–water partition coefficient (Wildman–Crippen LogP) is 5.34. The van der Waals surface area contributed by atoms with Crippen molar-refractivity contribution < 1.29 is 9.66 Å². The lowest BCUT2D eigenvalue weighted by Crippen LogP contribution is -2.22. The number of aryl methyl sites for hydroxylation is 1. The van der Waals surface area contributed by atoms with Crippen molar-refractivity contribution in [2.45, 2.75) is 39.7 Å². The summed E-state index contributed by atoms with van der Waals surface area (Å²) in [5.74, 6) is 0.482. The molecule has 0 saturated heterocycles. The van der Waals surface area contributed by atoms with Crippen molar-refractivity contribution in [1.82, 2.24) is 9.66 Å². The minimum absolute atomic E-state index is 0.0156. The van der Waals surface area contributed by atoms with Crippen LogP contribution in [0.4, 0.5) is 5.69 Å². The summed E-state index contributed by atoms with van der Waals surface area (Å²) in [6, 6.07) is 8.07. The zero-order valence-electron chi connectivity index (χ0n) is 17.1. The molecule has 0 aliphatic heterocycles. The summed E-state index contributed by atoms with van der Waals surface area (Å²) in [6.45, 7) is 5.57. The highest BCUT2D eigenvalue weighted by Crippen LogP contribution is 2.36. The normalized spacial score (nSPS) is 12.4. The van der Waals surface area contributed by atoms with Crippen molar-refractivity contribution in [3.8, 4) is 5.75 Å². The van der Waals surface area contributed by atoms with Gasteiger partial charge in [-0.1, -0.05) is 41.4 Å². The van der Waals surface area contributed by atoms with Gasteiger partial charge in [0.25, 0.3) is 5.56 Å². The molecule has 0 amide bonds. The molecule has 3 aromatic rings. The molecule has 2 aromatic carbocycles. The van der Waals surface area contributed by atoms with Gasteiger partial charge in [0.05, 0.1) is 33.2 Å². The molecule has 0 fully saturated rings. The Morgan fingerprint density at radius 3 is 2.74 bits per heavy atom.